The van der Waals surface area contributed by atoms with Crippen LogP contribution >= 0.6 is 0 Å². The van der Waals surface area contributed by atoms with Crippen LogP contribution in [0.15, 0.2) is 18.2 Å². The molecule has 0 spiro atoms. The van der Waals surface area contributed by atoms with Gasteiger partial charge in [-0.05, 0) is 31.4 Å². The van der Waals surface area contributed by atoms with Crippen molar-refractivity contribution in [3.05, 3.63) is 29.6 Å². The van der Waals surface area contributed by atoms with Gasteiger partial charge in [0.25, 0.3) is 0 Å². The lowest BCUT2D eigenvalue weighted by atomic mass is 10.1. The third-order valence-corrected chi connectivity index (χ3v) is 3.39. The molecule has 0 radical (unpaired) electrons. The molecule has 0 aliphatic heterocycles. The number of nitrogens with zero attached hydrogens (tertiary/aromatic N) is 1. The highest BCUT2D eigenvalue weighted by Crippen LogP contribution is 2.35. The first-order valence-electron chi connectivity index (χ1n) is 6.91. The number of halogens is 1. The fourth-order valence-electron chi connectivity index (χ4n) is 2.32. The maximum absolute atomic E-state index is 14.1. The zero-order chi connectivity index (χ0) is 13.1. The van der Waals surface area contributed by atoms with Gasteiger partial charge in [0.1, 0.15) is 5.82 Å². The van der Waals surface area contributed by atoms with E-state index in [0.717, 1.165) is 24.3 Å². The quantitative estimate of drug-likeness (QED) is 0.833. The molecule has 1 fully saturated rings. The summed E-state index contributed by atoms with van der Waals surface area (Å²) < 4.78 is 14.1. The summed E-state index contributed by atoms with van der Waals surface area (Å²) in [4.78, 5) is 2.21. The molecule has 100 valence electrons. The minimum Gasteiger partial charge on any atom is -0.366 e. The lowest BCUT2D eigenvalue weighted by Crippen LogP contribution is -2.29. The van der Waals surface area contributed by atoms with Crippen molar-refractivity contribution in [3.8, 4) is 0 Å². The summed E-state index contributed by atoms with van der Waals surface area (Å²) in [5, 5.41) is 3.37. The lowest BCUT2D eigenvalue weighted by molar-refractivity contribution is 0.577. The van der Waals surface area contributed by atoms with E-state index in [9.17, 15) is 4.39 Å². The summed E-state index contributed by atoms with van der Waals surface area (Å²) in [5.41, 5.74) is 1.87. The third-order valence-electron chi connectivity index (χ3n) is 3.39. The zero-order valence-corrected chi connectivity index (χ0v) is 11.5. The Bertz CT molecular complexity index is 399. The molecule has 0 heterocycles. The summed E-state index contributed by atoms with van der Waals surface area (Å²) in [6, 6.07) is 6.36. The van der Waals surface area contributed by atoms with Crippen LogP contribution in [0.25, 0.3) is 0 Å². The molecule has 1 aliphatic carbocycles. The maximum Gasteiger partial charge on any atom is 0.146 e. The van der Waals surface area contributed by atoms with Gasteiger partial charge in [-0.3, -0.25) is 0 Å². The van der Waals surface area contributed by atoms with Crippen molar-refractivity contribution in [2.75, 3.05) is 11.4 Å². The van der Waals surface area contributed by atoms with Gasteiger partial charge in [-0.15, -0.1) is 0 Å². The predicted molar refractivity (Wildman–Crippen MR) is 74.4 cm³/mol. The molecule has 1 saturated carbocycles. The molecule has 2 nitrogen and oxygen atoms in total. The van der Waals surface area contributed by atoms with Crippen molar-refractivity contribution in [2.45, 2.75) is 52.2 Å². The van der Waals surface area contributed by atoms with Crippen LogP contribution in [0, 0.1) is 5.82 Å². The van der Waals surface area contributed by atoms with E-state index in [1.165, 1.54) is 12.8 Å². The van der Waals surface area contributed by atoms with E-state index in [1.54, 1.807) is 12.1 Å². The van der Waals surface area contributed by atoms with Gasteiger partial charge < -0.3 is 10.2 Å². The van der Waals surface area contributed by atoms with E-state index < -0.39 is 0 Å². The Morgan fingerprint density at radius 1 is 1.39 bits per heavy atom. The largest absolute Gasteiger partial charge is 0.366 e. The number of para-hydroxylation sites is 1. The topological polar surface area (TPSA) is 15.3 Å². The van der Waals surface area contributed by atoms with Crippen molar-refractivity contribution in [2.24, 2.45) is 0 Å². The van der Waals surface area contributed by atoms with Gasteiger partial charge in [-0.2, -0.15) is 0 Å². The second-order valence-electron chi connectivity index (χ2n) is 5.30. The molecule has 0 saturated heterocycles. The number of hydrogen-bond donors (Lipinski definition) is 1. The average molecular weight is 250 g/mol. The Balaban J connectivity index is 2.24. The molecule has 1 aromatic carbocycles. The number of hydrogen-bond acceptors (Lipinski definition) is 2. The zero-order valence-electron chi connectivity index (χ0n) is 11.5. The summed E-state index contributed by atoms with van der Waals surface area (Å²) >= 11 is 0. The minimum atomic E-state index is -0.0909. The van der Waals surface area contributed by atoms with Gasteiger partial charge in [0.15, 0.2) is 0 Å². The Kier molecular flexibility index (Phi) is 4.23. The first-order chi connectivity index (χ1) is 8.63. The minimum absolute atomic E-state index is 0.0909. The molecular weight excluding hydrogens is 227 g/mol. The van der Waals surface area contributed by atoms with Crippen molar-refractivity contribution < 1.29 is 4.39 Å². The van der Waals surface area contributed by atoms with Gasteiger partial charge in [0, 0.05) is 25.2 Å². The molecule has 0 amide bonds. The standard InChI is InChI=1S/C15H23FN2/c1-4-18(13-8-9-13)15-12(10-17-11(2)3)6-5-7-14(15)16/h5-7,11,13,17H,4,8-10H2,1-3H3. The lowest BCUT2D eigenvalue weighted by Gasteiger charge is -2.26. The molecule has 3 heteroatoms. The van der Waals surface area contributed by atoms with Crippen LogP contribution in [0.5, 0.6) is 0 Å². The van der Waals surface area contributed by atoms with Gasteiger partial charge in [-0.1, -0.05) is 26.0 Å². The SMILES string of the molecule is CCN(c1c(F)cccc1CNC(C)C)C1CC1. The van der Waals surface area contributed by atoms with E-state index >= 15 is 0 Å². The van der Waals surface area contributed by atoms with E-state index in [0.29, 0.717) is 12.1 Å². The fourth-order valence-corrected chi connectivity index (χ4v) is 2.32. The van der Waals surface area contributed by atoms with Gasteiger partial charge in [0.2, 0.25) is 0 Å². The number of nitrogens with one attached hydrogen (secondary N) is 1. The van der Waals surface area contributed by atoms with E-state index in [-0.39, 0.29) is 5.82 Å². The molecule has 18 heavy (non-hydrogen) atoms. The highest BCUT2D eigenvalue weighted by molar-refractivity contribution is 5.56. The molecule has 0 aromatic heterocycles. The van der Waals surface area contributed by atoms with Gasteiger partial charge in [0.05, 0.1) is 5.69 Å². The van der Waals surface area contributed by atoms with Crippen LogP contribution in [0.4, 0.5) is 10.1 Å². The number of anilines is 1. The smallest absolute Gasteiger partial charge is 0.146 e. The Morgan fingerprint density at radius 2 is 2.11 bits per heavy atom. The highest BCUT2D eigenvalue weighted by Gasteiger charge is 2.30. The van der Waals surface area contributed by atoms with Crippen LogP contribution in [0.3, 0.4) is 0 Å². The summed E-state index contributed by atoms with van der Waals surface area (Å²) in [6.45, 7) is 7.92. The molecule has 0 unspecified atom stereocenters. The monoisotopic (exact) mass is 250 g/mol. The molecule has 1 aromatic rings. The van der Waals surface area contributed by atoms with Crippen LogP contribution in [-0.4, -0.2) is 18.6 Å². The Hall–Kier alpha value is -1.09. The predicted octanol–water partition coefficient (Wildman–Crippen LogP) is 3.31. The van der Waals surface area contributed by atoms with E-state index in [2.05, 4.69) is 31.0 Å². The first-order valence-corrected chi connectivity index (χ1v) is 6.91. The summed E-state index contributed by atoms with van der Waals surface area (Å²) in [5.74, 6) is -0.0909. The molecule has 2 rings (SSSR count). The summed E-state index contributed by atoms with van der Waals surface area (Å²) in [6.07, 6.45) is 2.39. The molecule has 1 N–H and O–H groups in total. The summed E-state index contributed by atoms with van der Waals surface area (Å²) in [7, 11) is 0. The molecule has 1 aliphatic rings. The van der Waals surface area contributed by atoms with E-state index in [4.69, 9.17) is 0 Å². The third kappa shape index (κ3) is 3.02. The second kappa shape index (κ2) is 5.70. The van der Waals surface area contributed by atoms with Crippen LogP contribution in [0.2, 0.25) is 0 Å². The van der Waals surface area contributed by atoms with Gasteiger partial charge in [-0.25, -0.2) is 4.39 Å². The van der Waals surface area contributed by atoms with Crippen molar-refractivity contribution in [3.63, 3.8) is 0 Å². The van der Waals surface area contributed by atoms with Gasteiger partial charge >= 0.3 is 0 Å². The van der Waals surface area contributed by atoms with E-state index in [1.807, 2.05) is 6.07 Å². The van der Waals surface area contributed by atoms with Crippen LogP contribution in [0.1, 0.15) is 39.2 Å². The number of rotatable bonds is 6. The molecule has 0 bridgehead atoms. The van der Waals surface area contributed by atoms with Crippen LogP contribution < -0.4 is 10.2 Å². The van der Waals surface area contributed by atoms with Crippen molar-refractivity contribution in [1.82, 2.24) is 5.32 Å². The van der Waals surface area contributed by atoms with Crippen LogP contribution in [-0.2, 0) is 6.54 Å². The second-order valence-corrected chi connectivity index (χ2v) is 5.30. The Labute approximate surface area is 109 Å². The fraction of sp³-hybridized carbons (Fsp3) is 0.600. The van der Waals surface area contributed by atoms with Crippen molar-refractivity contribution >= 4 is 5.69 Å². The first kappa shape index (κ1) is 13.3. The highest BCUT2D eigenvalue weighted by atomic mass is 19.1. The average Bonchev–Trinajstić information content (AvgIpc) is 3.14. The maximum atomic E-state index is 14.1. The number of benzene rings is 1. The van der Waals surface area contributed by atoms with Crippen molar-refractivity contribution in [1.29, 1.82) is 0 Å². The Morgan fingerprint density at radius 3 is 2.67 bits per heavy atom. The normalized spacial score (nSPS) is 15.2. The molecule has 0 atom stereocenters. The molecular formula is C15H23FN2.